The fraction of sp³-hybridized carbons (Fsp3) is 0.462. The molecule has 1 fully saturated rings. The van der Waals surface area contributed by atoms with Crippen molar-refractivity contribution in [3.05, 3.63) is 35.4 Å². The van der Waals surface area contributed by atoms with E-state index in [1.54, 1.807) is 0 Å². The predicted molar refractivity (Wildman–Crippen MR) is 71.3 cm³/mol. The lowest BCUT2D eigenvalue weighted by Crippen LogP contribution is -2.36. The lowest BCUT2D eigenvalue weighted by molar-refractivity contribution is -0.121. The zero-order valence-electron chi connectivity index (χ0n) is 10.4. The van der Waals surface area contributed by atoms with Crippen molar-refractivity contribution >= 4 is 18.3 Å². The molecule has 1 atom stereocenters. The first-order chi connectivity index (χ1) is 8.65. The second-order valence-corrected chi connectivity index (χ2v) is 4.49. The van der Waals surface area contributed by atoms with Gasteiger partial charge < -0.3 is 10.6 Å². The van der Waals surface area contributed by atoms with E-state index in [1.807, 2.05) is 0 Å². The molecule has 6 heteroatoms. The van der Waals surface area contributed by atoms with Gasteiger partial charge in [0, 0.05) is 19.0 Å². The normalized spacial score (nSPS) is 17.9. The predicted octanol–water partition coefficient (Wildman–Crippen LogP) is 1.80. The summed E-state index contributed by atoms with van der Waals surface area (Å²) in [5.41, 5.74) is 0.245. The Morgan fingerprint density at radius 3 is 2.89 bits per heavy atom. The van der Waals surface area contributed by atoms with Crippen LogP contribution in [0, 0.1) is 11.6 Å². The van der Waals surface area contributed by atoms with Crippen LogP contribution in [-0.2, 0) is 11.2 Å². The van der Waals surface area contributed by atoms with Gasteiger partial charge in [-0.3, -0.25) is 4.79 Å². The maximum absolute atomic E-state index is 13.3. The molecule has 1 heterocycles. The second kappa shape index (κ2) is 7.40. The van der Waals surface area contributed by atoms with Crippen LogP contribution >= 0.6 is 12.4 Å². The lowest BCUT2D eigenvalue weighted by atomic mass is 10.1. The van der Waals surface area contributed by atoms with Gasteiger partial charge in [0.25, 0.3) is 0 Å². The molecular weight excluding hydrogens is 274 g/mol. The molecule has 1 amide bonds. The van der Waals surface area contributed by atoms with Crippen molar-refractivity contribution in [3.8, 4) is 0 Å². The van der Waals surface area contributed by atoms with Crippen molar-refractivity contribution < 1.29 is 13.6 Å². The molecule has 2 rings (SSSR count). The number of hydrogen-bond donors (Lipinski definition) is 2. The third kappa shape index (κ3) is 4.76. The summed E-state index contributed by atoms with van der Waals surface area (Å²) >= 11 is 0. The minimum atomic E-state index is -0.480. The van der Waals surface area contributed by atoms with Gasteiger partial charge in [-0.2, -0.15) is 0 Å². The highest BCUT2D eigenvalue weighted by Crippen LogP contribution is 2.11. The van der Waals surface area contributed by atoms with E-state index in [4.69, 9.17) is 0 Å². The number of carbonyl (C=O) groups excluding carboxylic acids is 1. The number of amides is 1. The number of halogens is 3. The van der Waals surface area contributed by atoms with Crippen molar-refractivity contribution in [2.75, 3.05) is 13.1 Å². The Morgan fingerprint density at radius 1 is 1.42 bits per heavy atom. The quantitative estimate of drug-likeness (QED) is 0.888. The van der Waals surface area contributed by atoms with Gasteiger partial charge in [-0.25, -0.2) is 8.78 Å². The van der Waals surface area contributed by atoms with Crippen LogP contribution in [0.3, 0.4) is 0 Å². The Kier molecular flexibility index (Phi) is 6.18. The standard InChI is InChI=1S/C13H16F2N2O.ClH/c14-10-2-3-12(15)9(7-10)1-4-13(18)17-11-5-6-16-8-11;/h2-3,7,11,16H,1,4-6,8H2,(H,17,18);1H. The van der Waals surface area contributed by atoms with Crippen LogP contribution in [0.5, 0.6) is 0 Å². The Balaban J connectivity index is 0.00000180. The molecule has 1 aliphatic rings. The molecule has 0 saturated carbocycles. The monoisotopic (exact) mass is 290 g/mol. The highest BCUT2D eigenvalue weighted by molar-refractivity contribution is 5.85. The maximum Gasteiger partial charge on any atom is 0.220 e. The number of benzene rings is 1. The van der Waals surface area contributed by atoms with E-state index in [0.29, 0.717) is 0 Å². The third-order valence-electron chi connectivity index (χ3n) is 3.05. The molecular formula is C13H17ClF2N2O. The number of nitrogens with one attached hydrogen (secondary N) is 2. The fourth-order valence-corrected chi connectivity index (χ4v) is 2.06. The zero-order valence-corrected chi connectivity index (χ0v) is 11.2. The van der Waals surface area contributed by atoms with Gasteiger partial charge in [0.1, 0.15) is 11.6 Å². The summed E-state index contributed by atoms with van der Waals surface area (Å²) in [4.78, 5) is 11.6. The first kappa shape index (κ1) is 15.9. The molecule has 0 bridgehead atoms. The molecule has 1 saturated heterocycles. The van der Waals surface area contributed by atoms with E-state index in [0.717, 1.165) is 37.7 Å². The van der Waals surface area contributed by atoms with Crippen LogP contribution in [0.1, 0.15) is 18.4 Å². The van der Waals surface area contributed by atoms with E-state index in [2.05, 4.69) is 10.6 Å². The van der Waals surface area contributed by atoms with Crippen molar-refractivity contribution in [1.29, 1.82) is 0 Å². The highest BCUT2D eigenvalue weighted by Gasteiger charge is 2.16. The molecule has 1 aliphatic heterocycles. The van der Waals surface area contributed by atoms with Crippen LogP contribution in [-0.4, -0.2) is 25.0 Å². The molecule has 1 aromatic rings. The van der Waals surface area contributed by atoms with Crippen molar-refractivity contribution in [2.24, 2.45) is 0 Å². The molecule has 1 unspecified atom stereocenters. The Bertz CT molecular complexity index is 437. The van der Waals surface area contributed by atoms with Gasteiger partial charge in [-0.05, 0) is 43.1 Å². The summed E-state index contributed by atoms with van der Waals surface area (Å²) in [6, 6.07) is 3.46. The SMILES string of the molecule is Cl.O=C(CCc1cc(F)ccc1F)NC1CCNC1. The largest absolute Gasteiger partial charge is 0.352 e. The van der Waals surface area contributed by atoms with E-state index < -0.39 is 11.6 Å². The van der Waals surface area contributed by atoms with E-state index >= 15 is 0 Å². The lowest BCUT2D eigenvalue weighted by Gasteiger charge is -2.11. The van der Waals surface area contributed by atoms with Gasteiger partial charge in [0.15, 0.2) is 0 Å². The minimum absolute atomic E-state index is 0. The van der Waals surface area contributed by atoms with Crippen LogP contribution in [0.4, 0.5) is 8.78 Å². The Morgan fingerprint density at radius 2 is 2.21 bits per heavy atom. The molecule has 106 valence electrons. The van der Waals surface area contributed by atoms with E-state index in [9.17, 15) is 13.6 Å². The molecule has 1 aromatic carbocycles. The number of hydrogen-bond acceptors (Lipinski definition) is 2. The van der Waals surface area contributed by atoms with Crippen LogP contribution in [0.15, 0.2) is 18.2 Å². The van der Waals surface area contributed by atoms with Crippen molar-refractivity contribution in [1.82, 2.24) is 10.6 Å². The van der Waals surface area contributed by atoms with Crippen LogP contribution in [0.2, 0.25) is 0 Å². The van der Waals surface area contributed by atoms with E-state index in [-0.39, 0.29) is 42.8 Å². The second-order valence-electron chi connectivity index (χ2n) is 4.49. The minimum Gasteiger partial charge on any atom is -0.352 e. The average Bonchev–Trinajstić information content (AvgIpc) is 2.83. The van der Waals surface area contributed by atoms with Crippen molar-refractivity contribution in [2.45, 2.75) is 25.3 Å². The summed E-state index contributed by atoms with van der Waals surface area (Å²) in [6.45, 7) is 1.68. The zero-order chi connectivity index (χ0) is 13.0. The topological polar surface area (TPSA) is 41.1 Å². The first-order valence-corrected chi connectivity index (χ1v) is 6.09. The van der Waals surface area contributed by atoms with Gasteiger partial charge in [0.2, 0.25) is 5.91 Å². The molecule has 0 aliphatic carbocycles. The van der Waals surface area contributed by atoms with Gasteiger partial charge in [0.05, 0.1) is 0 Å². The van der Waals surface area contributed by atoms with Gasteiger partial charge in [-0.1, -0.05) is 0 Å². The molecule has 0 radical (unpaired) electrons. The summed E-state index contributed by atoms with van der Waals surface area (Å²) in [6.07, 6.45) is 1.31. The fourth-order valence-electron chi connectivity index (χ4n) is 2.06. The average molecular weight is 291 g/mol. The summed E-state index contributed by atoms with van der Waals surface area (Å²) in [7, 11) is 0. The molecule has 19 heavy (non-hydrogen) atoms. The van der Waals surface area contributed by atoms with Gasteiger partial charge in [-0.15, -0.1) is 12.4 Å². The Hall–Kier alpha value is -1.20. The highest BCUT2D eigenvalue weighted by atomic mass is 35.5. The number of rotatable bonds is 4. The van der Waals surface area contributed by atoms with Crippen LogP contribution in [0.25, 0.3) is 0 Å². The van der Waals surface area contributed by atoms with Crippen LogP contribution < -0.4 is 10.6 Å². The molecule has 0 aromatic heterocycles. The molecule has 0 spiro atoms. The van der Waals surface area contributed by atoms with Crippen molar-refractivity contribution in [3.63, 3.8) is 0 Å². The Labute approximate surface area is 117 Å². The van der Waals surface area contributed by atoms with E-state index in [1.165, 1.54) is 0 Å². The smallest absolute Gasteiger partial charge is 0.220 e. The number of aryl methyl sites for hydroxylation is 1. The molecule has 3 nitrogen and oxygen atoms in total. The third-order valence-corrected chi connectivity index (χ3v) is 3.05. The molecule has 2 N–H and O–H groups in total. The maximum atomic E-state index is 13.3. The summed E-state index contributed by atoms with van der Waals surface area (Å²) < 4.78 is 26.2. The van der Waals surface area contributed by atoms with Gasteiger partial charge >= 0.3 is 0 Å². The number of carbonyl (C=O) groups is 1. The summed E-state index contributed by atoms with van der Waals surface area (Å²) in [5, 5.41) is 6.01. The first-order valence-electron chi connectivity index (χ1n) is 6.09. The summed E-state index contributed by atoms with van der Waals surface area (Å²) in [5.74, 6) is -1.06.